The zero-order chi connectivity index (χ0) is 22.7. The smallest absolute Gasteiger partial charge is 0.253 e. The molecule has 2 aromatic carbocycles. The number of aromatic nitrogens is 2. The molecule has 0 saturated carbocycles. The highest BCUT2D eigenvalue weighted by Gasteiger charge is 2.23. The molecular formula is C23H24N4O4S. The van der Waals surface area contributed by atoms with Crippen LogP contribution in [-0.2, 0) is 27.8 Å². The van der Waals surface area contributed by atoms with Gasteiger partial charge in [0.05, 0.1) is 16.9 Å². The number of amides is 1. The minimum atomic E-state index is -3.75. The number of aryl methyl sites for hydroxylation is 1. The van der Waals surface area contributed by atoms with E-state index in [4.69, 9.17) is 0 Å². The molecule has 0 bridgehead atoms. The lowest BCUT2D eigenvalue weighted by atomic mass is 10.0. The lowest BCUT2D eigenvalue weighted by Crippen LogP contribution is -2.34. The van der Waals surface area contributed by atoms with Gasteiger partial charge in [0.15, 0.2) is 0 Å². The van der Waals surface area contributed by atoms with E-state index in [-0.39, 0.29) is 29.5 Å². The van der Waals surface area contributed by atoms with E-state index >= 15 is 0 Å². The first kappa shape index (κ1) is 21.9. The Morgan fingerprint density at radius 1 is 1.12 bits per heavy atom. The van der Waals surface area contributed by atoms with Crippen molar-refractivity contribution in [1.29, 1.82) is 0 Å². The van der Waals surface area contributed by atoms with Gasteiger partial charge >= 0.3 is 0 Å². The van der Waals surface area contributed by atoms with Crippen molar-refractivity contribution in [1.82, 2.24) is 14.3 Å². The average Bonchev–Trinajstić information content (AvgIpc) is 2.79. The van der Waals surface area contributed by atoms with E-state index in [9.17, 15) is 18.0 Å². The highest BCUT2D eigenvalue weighted by molar-refractivity contribution is 7.89. The summed E-state index contributed by atoms with van der Waals surface area (Å²) in [6, 6.07) is 15.6. The van der Waals surface area contributed by atoms with E-state index in [0.29, 0.717) is 12.2 Å². The Morgan fingerprint density at radius 2 is 1.91 bits per heavy atom. The van der Waals surface area contributed by atoms with Gasteiger partial charge in [-0.15, -0.1) is 0 Å². The van der Waals surface area contributed by atoms with Crippen molar-refractivity contribution in [3.05, 3.63) is 76.8 Å². The maximum Gasteiger partial charge on any atom is 0.253 e. The van der Waals surface area contributed by atoms with Gasteiger partial charge in [-0.2, -0.15) is 0 Å². The molecule has 1 aliphatic heterocycles. The van der Waals surface area contributed by atoms with Gasteiger partial charge in [-0.05, 0) is 36.6 Å². The van der Waals surface area contributed by atoms with Crippen LogP contribution in [0.1, 0.15) is 18.9 Å². The fourth-order valence-corrected chi connectivity index (χ4v) is 4.88. The number of sulfonamides is 1. The predicted octanol–water partition coefficient (Wildman–Crippen LogP) is 2.19. The lowest BCUT2D eigenvalue weighted by molar-refractivity contribution is -0.116. The average molecular weight is 453 g/mol. The Balaban J connectivity index is 1.44. The molecule has 0 saturated heterocycles. The molecule has 1 N–H and O–H groups in total. The van der Waals surface area contributed by atoms with Gasteiger partial charge in [-0.25, -0.2) is 18.1 Å². The van der Waals surface area contributed by atoms with Gasteiger partial charge in [0.1, 0.15) is 0 Å². The number of nitrogens with one attached hydrogen (secondary N) is 1. The predicted molar refractivity (Wildman–Crippen MR) is 122 cm³/mol. The van der Waals surface area contributed by atoms with E-state index < -0.39 is 10.0 Å². The van der Waals surface area contributed by atoms with Gasteiger partial charge in [-0.1, -0.05) is 30.3 Å². The van der Waals surface area contributed by atoms with Crippen molar-refractivity contribution < 1.29 is 13.2 Å². The molecule has 2 heterocycles. The number of rotatable bonds is 6. The second-order valence-corrected chi connectivity index (χ2v) is 9.40. The van der Waals surface area contributed by atoms with Crippen molar-refractivity contribution in [2.24, 2.45) is 0 Å². The number of fused-ring (bicyclic) bond motifs is 1. The van der Waals surface area contributed by atoms with E-state index in [1.165, 1.54) is 30.0 Å². The van der Waals surface area contributed by atoms with Crippen molar-refractivity contribution in [3.8, 4) is 11.3 Å². The molecule has 0 atom stereocenters. The first-order chi connectivity index (χ1) is 15.3. The first-order valence-electron chi connectivity index (χ1n) is 10.4. The SMILES string of the molecule is CC(=O)N1CCCc2cc(S(=O)(=O)NCCn3cnc(-c4ccccc4)cc3=O)ccc21. The fourth-order valence-electron chi connectivity index (χ4n) is 3.81. The molecule has 1 amide bonds. The number of carbonyl (C=O) groups excluding carboxylic acids is 1. The number of hydrogen-bond donors (Lipinski definition) is 1. The molecule has 4 rings (SSSR count). The Morgan fingerprint density at radius 3 is 2.62 bits per heavy atom. The van der Waals surface area contributed by atoms with Crippen LogP contribution in [0.2, 0.25) is 0 Å². The van der Waals surface area contributed by atoms with Crippen LogP contribution in [0.5, 0.6) is 0 Å². The molecule has 0 fully saturated rings. The first-order valence-corrected chi connectivity index (χ1v) is 11.9. The Hall–Kier alpha value is -3.30. The quantitative estimate of drug-likeness (QED) is 0.618. The van der Waals surface area contributed by atoms with Crippen LogP contribution in [0, 0.1) is 0 Å². The third kappa shape index (κ3) is 4.63. The summed E-state index contributed by atoms with van der Waals surface area (Å²) < 4.78 is 29.4. The Bertz CT molecular complexity index is 1300. The van der Waals surface area contributed by atoms with E-state index in [2.05, 4.69) is 9.71 Å². The second kappa shape index (κ2) is 9.05. The van der Waals surface area contributed by atoms with Gasteiger partial charge in [0.2, 0.25) is 15.9 Å². The van der Waals surface area contributed by atoms with Crippen molar-refractivity contribution in [2.45, 2.75) is 31.2 Å². The summed E-state index contributed by atoms with van der Waals surface area (Å²) in [6.45, 7) is 2.34. The van der Waals surface area contributed by atoms with E-state index in [1.54, 1.807) is 17.0 Å². The standard InChI is InChI=1S/C23H24N4O4S/c1-17(28)27-12-5-8-19-14-20(9-10-22(19)27)32(30,31)25-11-13-26-16-24-21(15-23(26)29)18-6-3-2-4-7-18/h2-4,6-7,9-10,14-16,25H,5,8,11-13H2,1H3. The summed E-state index contributed by atoms with van der Waals surface area (Å²) in [5.74, 6) is -0.0583. The molecule has 0 unspecified atom stereocenters. The van der Waals surface area contributed by atoms with Gasteiger partial charge < -0.3 is 4.90 Å². The molecule has 0 radical (unpaired) electrons. The van der Waals surface area contributed by atoms with Crippen LogP contribution < -0.4 is 15.2 Å². The summed E-state index contributed by atoms with van der Waals surface area (Å²) >= 11 is 0. The fraction of sp³-hybridized carbons (Fsp3) is 0.261. The van der Waals surface area contributed by atoms with Crippen molar-refractivity contribution in [2.75, 3.05) is 18.0 Å². The third-order valence-electron chi connectivity index (χ3n) is 5.45. The number of anilines is 1. The molecule has 166 valence electrons. The summed E-state index contributed by atoms with van der Waals surface area (Å²) in [5, 5.41) is 0. The molecule has 32 heavy (non-hydrogen) atoms. The summed E-state index contributed by atoms with van der Waals surface area (Å²) in [7, 11) is -3.75. The van der Waals surface area contributed by atoms with E-state index in [0.717, 1.165) is 29.7 Å². The Labute approximate surface area is 186 Å². The number of benzene rings is 2. The largest absolute Gasteiger partial charge is 0.312 e. The number of nitrogens with zero attached hydrogens (tertiary/aromatic N) is 3. The monoisotopic (exact) mass is 452 g/mol. The molecule has 9 heteroatoms. The number of carbonyl (C=O) groups is 1. The van der Waals surface area contributed by atoms with E-state index in [1.807, 2.05) is 30.3 Å². The maximum absolute atomic E-state index is 12.8. The highest BCUT2D eigenvalue weighted by atomic mass is 32.2. The van der Waals surface area contributed by atoms with Crippen LogP contribution in [0.25, 0.3) is 11.3 Å². The van der Waals surface area contributed by atoms with Gasteiger partial charge in [0, 0.05) is 43.9 Å². The Kier molecular flexibility index (Phi) is 6.20. The molecule has 1 aromatic heterocycles. The topological polar surface area (TPSA) is 101 Å². The van der Waals surface area contributed by atoms with Crippen LogP contribution in [-0.4, -0.2) is 37.0 Å². The minimum Gasteiger partial charge on any atom is -0.312 e. The molecular weight excluding hydrogens is 428 g/mol. The number of hydrogen-bond acceptors (Lipinski definition) is 5. The molecule has 0 spiro atoms. The summed E-state index contributed by atoms with van der Waals surface area (Å²) in [6.07, 6.45) is 2.93. The van der Waals surface area contributed by atoms with Crippen molar-refractivity contribution >= 4 is 21.6 Å². The summed E-state index contributed by atoms with van der Waals surface area (Å²) in [5.41, 5.74) is 2.76. The zero-order valence-corrected chi connectivity index (χ0v) is 18.5. The van der Waals surface area contributed by atoms with Gasteiger partial charge in [0.25, 0.3) is 5.56 Å². The lowest BCUT2D eigenvalue weighted by Gasteiger charge is -2.28. The minimum absolute atomic E-state index is 0.0469. The second-order valence-electron chi connectivity index (χ2n) is 7.63. The van der Waals surface area contributed by atoms with Crippen LogP contribution >= 0.6 is 0 Å². The van der Waals surface area contributed by atoms with Crippen molar-refractivity contribution in [3.63, 3.8) is 0 Å². The van der Waals surface area contributed by atoms with Gasteiger partial charge in [-0.3, -0.25) is 14.2 Å². The maximum atomic E-state index is 12.8. The van der Waals surface area contributed by atoms with Crippen LogP contribution in [0.3, 0.4) is 0 Å². The summed E-state index contributed by atoms with van der Waals surface area (Å²) in [4.78, 5) is 30.3. The third-order valence-corrected chi connectivity index (χ3v) is 6.91. The molecule has 8 nitrogen and oxygen atoms in total. The van der Waals surface area contributed by atoms with Crippen LogP contribution in [0.15, 0.2) is 70.6 Å². The highest BCUT2D eigenvalue weighted by Crippen LogP contribution is 2.29. The molecule has 1 aliphatic rings. The zero-order valence-electron chi connectivity index (χ0n) is 17.7. The normalized spacial score (nSPS) is 13.6. The molecule has 3 aromatic rings. The van der Waals surface area contributed by atoms with Crippen LogP contribution in [0.4, 0.5) is 5.69 Å². The molecule has 0 aliphatic carbocycles.